The topological polar surface area (TPSA) is 46.2 Å². The molecule has 0 atom stereocenters. The van der Waals surface area contributed by atoms with Gasteiger partial charge in [-0.05, 0) is 24.5 Å². The molecular weight excluding hydrogens is 242 g/mol. The highest BCUT2D eigenvalue weighted by atomic mass is 79.9. The maximum absolute atomic E-state index is 10.1. The Morgan fingerprint density at radius 1 is 1.43 bits per heavy atom. The van der Waals surface area contributed by atoms with Gasteiger partial charge in [0.15, 0.2) is 0 Å². The first-order valence-corrected chi connectivity index (χ1v) is 5.60. The summed E-state index contributed by atoms with van der Waals surface area (Å²) in [6.45, 7) is 0. The van der Waals surface area contributed by atoms with Crippen molar-refractivity contribution in [1.82, 2.24) is 0 Å². The predicted molar refractivity (Wildman–Crippen MR) is 60.0 cm³/mol. The molecule has 1 fully saturated rings. The zero-order valence-corrected chi connectivity index (χ0v) is 9.50. The van der Waals surface area contributed by atoms with Crippen molar-refractivity contribution >= 4 is 15.9 Å². The zero-order chi connectivity index (χ0) is 10.2. The molecular formula is C11H14BrNO. The first-order valence-electron chi connectivity index (χ1n) is 4.80. The standard InChI is InChI=1S/C11H14BrNO/c12-10-4-2-1-3-8(10)5-11(14)6-9(13)7-11/h1-4,9,14H,5-7,13H2. The van der Waals surface area contributed by atoms with Crippen LogP contribution in [-0.4, -0.2) is 16.7 Å². The maximum Gasteiger partial charge on any atom is 0.0717 e. The summed E-state index contributed by atoms with van der Waals surface area (Å²) in [7, 11) is 0. The number of nitrogens with two attached hydrogens (primary N) is 1. The number of hydrogen-bond acceptors (Lipinski definition) is 2. The number of hydrogen-bond donors (Lipinski definition) is 2. The normalized spacial score (nSPS) is 31.2. The largest absolute Gasteiger partial charge is 0.389 e. The molecule has 0 unspecified atom stereocenters. The van der Waals surface area contributed by atoms with Crippen molar-refractivity contribution in [3.63, 3.8) is 0 Å². The van der Waals surface area contributed by atoms with Crippen molar-refractivity contribution in [2.75, 3.05) is 0 Å². The molecule has 1 aliphatic rings. The fraction of sp³-hybridized carbons (Fsp3) is 0.455. The lowest BCUT2D eigenvalue weighted by molar-refractivity contribution is -0.0456. The quantitative estimate of drug-likeness (QED) is 0.848. The maximum atomic E-state index is 10.1. The molecule has 0 bridgehead atoms. The summed E-state index contributed by atoms with van der Waals surface area (Å²) in [6, 6.07) is 8.18. The number of benzene rings is 1. The Morgan fingerprint density at radius 2 is 2.07 bits per heavy atom. The van der Waals surface area contributed by atoms with Gasteiger partial charge in [-0.1, -0.05) is 34.1 Å². The van der Waals surface area contributed by atoms with E-state index in [9.17, 15) is 5.11 Å². The molecule has 0 aliphatic heterocycles. The van der Waals surface area contributed by atoms with Crippen LogP contribution in [0.3, 0.4) is 0 Å². The SMILES string of the molecule is NC1CC(O)(Cc2ccccc2Br)C1. The molecule has 14 heavy (non-hydrogen) atoms. The Balaban J connectivity index is 2.08. The fourth-order valence-corrected chi connectivity index (χ4v) is 2.48. The van der Waals surface area contributed by atoms with Crippen molar-refractivity contribution < 1.29 is 5.11 Å². The van der Waals surface area contributed by atoms with Gasteiger partial charge in [-0.3, -0.25) is 0 Å². The van der Waals surface area contributed by atoms with E-state index in [1.165, 1.54) is 0 Å². The van der Waals surface area contributed by atoms with Crippen molar-refractivity contribution in [2.24, 2.45) is 5.73 Å². The molecule has 1 aliphatic carbocycles. The van der Waals surface area contributed by atoms with Crippen LogP contribution in [0.1, 0.15) is 18.4 Å². The fourth-order valence-electron chi connectivity index (χ4n) is 2.06. The molecule has 0 radical (unpaired) electrons. The molecule has 3 heteroatoms. The van der Waals surface area contributed by atoms with E-state index < -0.39 is 5.60 Å². The van der Waals surface area contributed by atoms with Crippen LogP contribution in [-0.2, 0) is 6.42 Å². The smallest absolute Gasteiger partial charge is 0.0717 e. The summed E-state index contributed by atoms with van der Waals surface area (Å²) in [4.78, 5) is 0. The average molecular weight is 256 g/mol. The summed E-state index contributed by atoms with van der Waals surface area (Å²) in [5, 5.41) is 10.1. The first-order chi connectivity index (χ1) is 6.59. The third kappa shape index (κ3) is 2.00. The first kappa shape index (κ1) is 10.1. The molecule has 0 spiro atoms. The van der Waals surface area contributed by atoms with Gasteiger partial charge in [0.25, 0.3) is 0 Å². The number of halogens is 1. The third-order valence-corrected chi connectivity index (χ3v) is 3.54. The van der Waals surface area contributed by atoms with E-state index in [0.29, 0.717) is 19.3 Å². The lowest BCUT2D eigenvalue weighted by atomic mass is 9.73. The zero-order valence-electron chi connectivity index (χ0n) is 7.91. The van der Waals surface area contributed by atoms with Gasteiger partial charge in [-0.2, -0.15) is 0 Å². The van der Waals surface area contributed by atoms with Crippen molar-refractivity contribution in [2.45, 2.75) is 30.9 Å². The average Bonchev–Trinajstić information content (AvgIpc) is 2.06. The molecule has 1 saturated carbocycles. The van der Waals surface area contributed by atoms with Crippen LogP contribution in [0.15, 0.2) is 28.7 Å². The number of aliphatic hydroxyl groups is 1. The van der Waals surface area contributed by atoms with E-state index in [2.05, 4.69) is 15.9 Å². The van der Waals surface area contributed by atoms with Gasteiger partial charge < -0.3 is 10.8 Å². The van der Waals surface area contributed by atoms with E-state index in [1.54, 1.807) is 0 Å². The van der Waals surface area contributed by atoms with Crippen molar-refractivity contribution in [3.8, 4) is 0 Å². The van der Waals surface area contributed by atoms with Crippen LogP contribution in [0.4, 0.5) is 0 Å². The van der Waals surface area contributed by atoms with E-state index in [-0.39, 0.29) is 6.04 Å². The summed E-state index contributed by atoms with van der Waals surface area (Å²) in [5.41, 5.74) is 6.26. The van der Waals surface area contributed by atoms with Crippen LogP contribution < -0.4 is 5.73 Å². The van der Waals surface area contributed by atoms with Gasteiger partial charge in [0.2, 0.25) is 0 Å². The molecule has 0 amide bonds. The molecule has 3 N–H and O–H groups in total. The summed E-state index contributed by atoms with van der Waals surface area (Å²) < 4.78 is 1.06. The Morgan fingerprint density at radius 3 is 2.64 bits per heavy atom. The van der Waals surface area contributed by atoms with Crippen LogP contribution in [0, 0.1) is 0 Å². The molecule has 1 aromatic rings. The van der Waals surface area contributed by atoms with Crippen LogP contribution in [0.2, 0.25) is 0 Å². The molecule has 0 saturated heterocycles. The van der Waals surface area contributed by atoms with Crippen LogP contribution in [0.5, 0.6) is 0 Å². The summed E-state index contributed by atoms with van der Waals surface area (Å²) in [6.07, 6.45) is 2.13. The Kier molecular flexibility index (Phi) is 2.64. The predicted octanol–water partition coefficient (Wildman–Crippen LogP) is 1.84. The molecule has 1 aromatic carbocycles. The number of rotatable bonds is 2. The second-order valence-electron chi connectivity index (χ2n) is 4.16. The molecule has 2 nitrogen and oxygen atoms in total. The molecule has 0 heterocycles. The second kappa shape index (κ2) is 3.65. The van der Waals surface area contributed by atoms with Gasteiger partial charge in [-0.25, -0.2) is 0 Å². The van der Waals surface area contributed by atoms with E-state index in [1.807, 2.05) is 24.3 Å². The van der Waals surface area contributed by atoms with Gasteiger partial charge in [-0.15, -0.1) is 0 Å². The van der Waals surface area contributed by atoms with Gasteiger partial charge >= 0.3 is 0 Å². The highest BCUT2D eigenvalue weighted by Gasteiger charge is 2.40. The van der Waals surface area contributed by atoms with Crippen LogP contribution >= 0.6 is 15.9 Å². The minimum absolute atomic E-state index is 0.183. The van der Waals surface area contributed by atoms with Crippen LogP contribution in [0.25, 0.3) is 0 Å². The Bertz CT molecular complexity index is 334. The summed E-state index contributed by atoms with van der Waals surface area (Å²) >= 11 is 3.47. The van der Waals surface area contributed by atoms with E-state index >= 15 is 0 Å². The van der Waals surface area contributed by atoms with Crippen molar-refractivity contribution in [3.05, 3.63) is 34.3 Å². The monoisotopic (exact) mass is 255 g/mol. The Labute approximate surface area is 92.3 Å². The minimum Gasteiger partial charge on any atom is -0.389 e. The second-order valence-corrected chi connectivity index (χ2v) is 5.02. The van der Waals surface area contributed by atoms with E-state index in [4.69, 9.17) is 5.73 Å². The van der Waals surface area contributed by atoms with Crippen molar-refractivity contribution in [1.29, 1.82) is 0 Å². The van der Waals surface area contributed by atoms with Gasteiger partial charge in [0, 0.05) is 16.9 Å². The van der Waals surface area contributed by atoms with Gasteiger partial charge in [0.05, 0.1) is 5.60 Å². The molecule has 0 aromatic heterocycles. The summed E-state index contributed by atoms with van der Waals surface area (Å²) in [5.74, 6) is 0. The molecule has 76 valence electrons. The third-order valence-electron chi connectivity index (χ3n) is 2.76. The minimum atomic E-state index is -0.566. The van der Waals surface area contributed by atoms with Gasteiger partial charge in [0.1, 0.15) is 0 Å². The lowest BCUT2D eigenvalue weighted by Crippen LogP contribution is -2.52. The Hall–Kier alpha value is -0.380. The highest BCUT2D eigenvalue weighted by molar-refractivity contribution is 9.10. The highest BCUT2D eigenvalue weighted by Crippen LogP contribution is 2.35. The van der Waals surface area contributed by atoms with E-state index in [0.717, 1.165) is 10.0 Å². The molecule has 2 rings (SSSR count). The lowest BCUT2D eigenvalue weighted by Gasteiger charge is -2.42.